The summed E-state index contributed by atoms with van der Waals surface area (Å²) in [5.74, 6) is 1.70. The van der Waals surface area contributed by atoms with Crippen LogP contribution in [0.1, 0.15) is 40.7 Å². The molecule has 3 N–H and O–H groups in total. The number of phenols is 3. The Morgan fingerprint density at radius 1 is 0.707 bits per heavy atom. The highest BCUT2D eigenvalue weighted by atomic mass is 16.5. The predicted molar refractivity (Wildman–Crippen MR) is 164 cm³/mol. The summed E-state index contributed by atoms with van der Waals surface area (Å²) in [6, 6.07) is 13.8. The summed E-state index contributed by atoms with van der Waals surface area (Å²) < 4.78 is 6.27. The maximum absolute atomic E-state index is 11.4. The quantitative estimate of drug-likeness (QED) is 0.344. The number of ether oxygens (including phenoxy) is 1. The molecule has 1 aliphatic carbocycles. The third-order valence-electron chi connectivity index (χ3n) is 7.64. The Morgan fingerprint density at radius 2 is 1.46 bits per heavy atom. The van der Waals surface area contributed by atoms with E-state index in [9.17, 15) is 15.3 Å². The van der Waals surface area contributed by atoms with E-state index < -0.39 is 0 Å². The lowest BCUT2D eigenvalue weighted by molar-refractivity contribution is 0.363. The van der Waals surface area contributed by atoms with E-state index in [0.717, 1.165) is 39.8 Å². The summed E-state index contributed by atoms with van der Waals surface area (Å²) in [5, 5.41) is 33.7. The topological polar surface area (TPSA) is 76.4 Å². The van der Waals surface area contributed by atoms with Gasteiger partial charge in [0, 0.05) is 35.3 Å². The lowest BCUT2D eigenvalue weighted by Gasteiger charge is -2.19. The van der Waals surface area contributed by atoms with Gasteiger partial charge in [0.15, 0.2) is 11.5 Å². The first-order valence-electron chi connectivity index (χ1n) is 14.2. The van der Waals surface area contributed by atoms with Gasteiger partial charge >= 0.3 is 0 Å². The molecule has 214 valence electrons. The van der Waals surface area contributed by atoms with Crippen LogP contribution in [0.15, 0.2) is 78.1 Å². The van der Waals surface area contributed by atoms with Crippen molar-refractivity contribution in [3.63, 3.8) is 0 Å². The van der Waals surface area contributed by atoms with Crippen LogP contribution in [0.2, 0.25) is 0 Å². The van der Waals surface area contributed by atoms with Crippen LogP contribution in [0.3, 0.4) is 0 Å². The molecule has 6 bridgehead atoms. The average Bonchev–Trinajstić information content (AvgIpc) is 3.14. The van der Waals surface area contributed by atoms with Crippen molar-refractivity contribution in [1.29, 1.82) is 0 Å². The number of allylic oxidation sites excluding steroid dienone is 5. The van der Waals surface area contributed by atoms with Gasteiger partial charge in [-0.3, -0.25) is 0 Å². The number of nitrogens with zero attached hydrogens (tertiary/aromatic N) is 2. The minimum absolute atomic E-state index is 0.160. The molecule has 0 aromatic heterocycles. The SMILES string of the molecule is CN(C)Cc1cc2cc(c1O)OC1=CCC=C(C=C1)CCc1ccc(CN(C)C)c(O)c1-c1ccc(cc1O)CC2. The molecule has 0 fully saturated rings. The molecule has 6 heteroatoms. The highest BCUT2D eigenvalue weighted by Gasteiger charge is 2.20. The zero-order valence-corrected chi connectivity index (χ0v) is 24.4. The number of fused-ring (bicyclic) bond motifs is 4. The second-order valence-electron chi connectivity index (χ2n) is 11.6. The standard InChI is InChI=1S/C35H40N2O4/c1-36(2)21-27-15-14-26-13-10-23-6-5-7-29(16-11-23)41-32-20-25(18-28(34(32)39)22-37(3)4)9-8-24-12-17-30(31(38)19-24)33(26)35(27)40/h6-7,11-12,14-20,38-40H,5,8-10,13,21-22H2,1-4H3. The number of hydrogen-bond acceptors (Lipinski definition) is 6. The van der Waals surface area contributed by atoms with Crippen LogP contribution in [0, 0.1) is 0 Å². The summed E-state index contributed by atoms with van der Waals surface area (Å²) in [4.78, 5) is 4.05. The summed E-state index contributed by atoms with van der Waals surface area (Å²) >= 11 is 0. The largest absolute Gasteiger partial charge is 0.507 e. The van der Waals surface area contributed by atoms with Gasteiger partial charge in [0.25, 0.3) is 0 Å². The Kier molecular flexibility index (Phi) is 8.52. The van der Waals surface area contributed by atoms with E-state index in [1.165, 1.54) is 0 Å². The summed E-state index contributed by atoms with van der Waals surface area (Å²) in [5.41, 5.74) is 7.18. The van der Waals surface area contributed by atoms with Gasteiger partial charge in [-0.25, -0.2) is 0 Å². The van der Waals surface area contributed by atoms with Crippen LogP contribution in [0.4, 0.5) is 0 Å². The Bertz CT molecular complexity index is 1530. The summed E-state index contributed by atoms with van der Waals surface area (Å²) in [6.45, 7) is 1.19. The van der Waals surface area contributed by atoms with Crippen LogP contribution in [-0.4, -0.2) is 53.3 Å². The van der Waals surface area contributed by atoms with E-state index in [0.29, 0.717) is 61.4 Å². The molecule has 3 aliphatic rings. The molecular weight excluding hydrogens is 512 g/mol. The van der Waals surface area contributed by atoms with Crippen LogP contribution >= 0.6 is 0 Å². The van der Waals surface area contributed by atoms with Crippen molar-refractivity contribution in [3.05, 3.63) is 106 Å². The third kappa shape index (κ3) is 6.67. The monoisotopic (exact) mass is 552 g/mol. The lowest BCUT2D eigenvalue weighted by atomic mass is 9.90. The molecule has 6 rings (SSSR count). The maximum atomic E-state index is 11.4. The molecule has 0 amide bonds. The smallest absolute Gasteiger partial charge is 0.169 e. The van der Waals surface area contributed by atoms with Gasteiger partial charge in [-0.15, -0.1) is 0 Å². The van der Waals surface area contributed by atoms with Gasteiger partial charge in [-0.2, -0.15) is 0 Å². The van der Waals surface area contributed by atoms with Crippen molar-refractivity contribution in [2.24, 2.45) is 0 Å². The molecule has 0 saturated heterocycles. The normalized spacial score (nSPS) is 15.2. The van der Waals surface area contributed by atoms with Crippen molar-refractivity contribution in [2.75, 3.05) is 28.2 Å². The Labute approximate surface area is 243 Å². The number of aryl methyl sites for hydroxylation is 3. The average molecular weight is 553 g/mol. The molecule has 2 aliphatic heterocycles. The maximum Gasteiger partial charge on any atom is 0.169 e. The number of hydrogen-bond donors (Lipinski definition) is 3. The lowest BCUT2D eigenvalue weighted by Crippen LogP contribution is -2.11. The molecular formula is C35H40N2O4. The van der Waals surface area contributed by atoms with Gasteiger partial charge in [0.05, 0.1) is 0 Å². The highest BCUT2D eigenvalue weighted by molar-refractivity contribution is 5.80. The van der Waals surface area contributed by atoms with Crippen LogP contribution in [0.25, 0.3) is 11.1 Å². The molecule has 3 aromatic rings. The first-order chi connectivity index (χ1) is 19.7. The summed E-state index contributed by atoms with van der Waals surface area (Å²) in [6.07, 6.45) is 11.8. The van der Waals surface area contributed by atoms with Crippen LogP contribution in [-0.2, 0) is 32.4 Å². The van der Waals surface area contributed by atoms with Gasteiger partial charge in [-0.05, 0) is 101 Å². The fraction of sp³-hybridized carbons (Fsp3) is 0.314. The van der Waals surface area contributed by atoms with Gasteiger partial charge in [0.1, 0.15) is 17.3 Å². The molecule has 41 heavy (non-hydrogen) atoms. The van der Waals surface area contributed by atoms with Crippen molar-refractivity contribution in [2.45, 2.75) is 45.2 Å². The second kappa shape index (κ2) is 12.2. The molecule has 0 spiro atoms. The van der Waals surface area contributed by atoms with Crippen molar-refractivity contribution in [3.8, 4) is 34.1 Å². The molecule has 6 nitrogen and oxygen atoms in total. The minimum Gasteiger partial charge on any atom is -0.507 e. The van der Waals surface area contributed by atoms with Crippen LogP contribution in [0.5, 0.6) is 23.0 Å². The van der Waals surface area contributed by atoms with Crippen LogP contribution < -0.4 is 4.74 Å². The van der Waals surface area contributed by atoms with Gasteiger partial charge in [0.2, 0.25) is 0 Å². The van der Waals surface area contributed by atoms with E-state index >= 15 is 0 Å². The second-order valence-corrected chi connectivity index (χ2v) is 11.6. The number of rotatable bonds is 4. The Balaban J connectivity index is 1.60. The summed E-state index contributed by atoms with van der Waals surface area (Å²) in [7, 11) is 7.91. The van der Waals surface area contributed by atoms with Gasteiger partial charge in [-0.1, -0.05) is 48.1 Å². The molecule has 0 saturated carbocycles. The first kappa shape index (κ1) is 28.5. The number of phenolic OH excluding ortho intramolecular Hbond substituents is 3. The molecule has 0 radical (unpaired) electrons. The van der Waals surface area contributed by atoms with E-state index in [-0.39, 0.29) is 17.2 Å². The van der Waals surface area contributed by atoms with Crippen molar-refractivity contribution < 1.29 is 20.1 Å². The first-order valence-corrected chi connectivity index (χ1v) is 14.2. The van der Waals surface area contributed by atoms with E-state index in [2.05, 4.69) is 18.2 Å². The van der Waals surface area contributed by atoms with Crippen molar-refractivity contribution >= 4 is 0 Å². The molecule has 3 aromatic carbocycles. The highest BCUT2D eigenvalue weighted by Crippen LogP contribution is 2.42. The number of aromatic hydroxyl groups is 3. The van der Waals surface area contributed by atoms with E-state index in [1.807, 2.05) is 86.5 Å². The van der Waals surface area contributed by atoms with Crippen molar-refractivity contribution in [1.82, 2.24) is 9.80 Å². The zero-order valence-electron chi connectivity index (χ0n) is 24.4. The van der Waals surface area contributed by atoms with E-state index in [1.54, 1.807) is 0 Å². The predicted octanol–water partition coefficient (Wildman–Crippen LogP) is 6.47. The van der Waals surface area contributed by atoms with E-state index in [4.69, 9.17) is 4.74 Å². The fourth-order valence-corrected chi connectivity index (χ4v) is 5.62. The number of benzene rings is 3. The fourth-order valence-electron chi connectivity index (χ4n) is 5.62. The zero-order chi connectivity index (χ0) is 29.1. The third-order valence-corrected chi connectivity index (χ3v) is 7.64. The molecule has 0 atom stereocenters. The molecule has 2 heterocycles. The Hall–Kier alpha value is -4.00. The Morgan fingerprint density at radius 3 is 2.22 bits per heavy atom. The minimum atomic E-state index is 0.160. The molecule has 0 unspecified atom stereocenters. The van der Waals surface area contributed by atoms with Gasteiger partial charge < -0.3 is 29.9 Å².